The molecule has 2 aliphatic heterocycles. The van der Waals surface area contributed by atoms with E-state index in [0.29, 0.717) is 54.5 Å². The Morgan fingerprint density at radius 3 is 2.61 bits per heavy atom. The van der Waals surface area contributed by atoms with Gasteiger partial charge in [0.25, 0.3) is 11.8 Å². The molecule has 186 valence electrons. The number of piperidine rings is 1. The van der Waals surface area contributed by atoms with E-state index >= 15 is 0 Å². The summed E-state index contributed by atoms with van der Waals surface area (Å²) in [6.07, 6.45) is 6.25. The van der Waals surface area contributed by atoms with Gasteiger partial charge < -0.3 is 26.0 Å². The van der Waals surface area contributed by atoms with E-state index < -0.39 is 12.0 Å². The number of hydrogen-bond acceptors (Lipinski definition) is 9. The third-order valence-electron chi connectivity index (χ3n) is 6.98. The molecule has 12 nitrogen and oxygen atoms in total. The van der Waals surface area contributed by atoms with Gasteiger partial charge in [0.2, 0.25) is 5.95 Å². The molecule has 0 bridgehead atoms. The molecule has 12 heteroatoms. The Kier molecular flexibility index (Phi) is 5.72. The Bertz CT molecular complexity index is 1380. The molecule has 5 heterocycles. The Morgan fingerprint density at radius 1 is 1.25 bits per heavy atom. The number of primary amides is 1. The Morgan fingerprint density at radius 2 is 2.00 bits per heavy atom. The van der Waals surface area contributed by atoms with Crippen LogP contribution in [0.5, 0.6) is 0 Å². The summed E-state index contributed by atoms with van der Waals surface area (Å²) >= 11 is 0. The molecule has 0 aromatic carbocycles. The summed E-state index contributed by atoms with van der Waals surface area (Å²) in [6.45, 7) is 5.97. The second kappa shape index (κ2) is 8.76. The van der Waals surface area contributed by atoms with E-state index in [-0.39, 0.29) is 22.9 Å². The maximum absolute atomic E-state index is 12.4. The van der Waals surface area contributed by atoms with Crippen molar-refractivity contribution in [3.63, 3.8) is 0 Å². The highest BCUT2D eigenvalue weighted by Crippen LogP contribution is 2.36. The SMILES string of the molecule is CC1(C)CN(c2ncc(C#N)cn2)CC[C@H]1Nc1c(C(N)=O)cnn2cc(N3CC[C@H](O)C3=O)cc12. The molecule has 0 aliphatic carbocycles. The predicted molar refractivity (Wildman–Crippen MR) is 131 cm³/mol. The van der Waals surface area contributed by atoms with E-state index in [4.69, 9.17) is 11.0 Å². The average molecular weight is 490 g/mol. The third-order valence-corrected chi connectivity index (χ3v) is 6.98. The molecule has 5 rings (SSSR count). The highest BCUT2D eigenvalue weighted by molar-refractivity contribution is 6.03. The summed E-state index contributed by atoms with van der Waals surface area (Å²) < 4.78 is 1.61. The van der Waals surface area contributed by atoms with Crippen LogP contribution in [0.2, 0.25) is 0 Å². The molecule has 2 atom stereocenters. The fourth-order valence-corrected chi connectivity index (χ4v) is 4.96. The van der Waals surface area contributed by atoms with Crippen LogP contribution in [0.3, 0.4) is 0 Å². The lowest BCUT2D eigenvalue weighted by molar-refractivity contribution is -0.123. The van der Waals surface area contributed by atoms with Gasteiger partial charge in [0.1, 0.15) is 12.2 Å². The molecule has 2 saturated heterocycles. The van der Waals surface area contributed by atoms with Crippen molar-refractivity contribution in [2.24, 2.45) is 11.1 Å². The van der Waals surface area contributed by atoms with Crippen LogP contribution in [0.4, 0.5) is 17.3 Å². The van der Waals surface area contributed by atoms with Gasteiger partial charge in [0, 0.05) is 37.5 Å². The van der Waals surface area contributed by atoms with Gasteiger partial charge in [0.05, 0.1) is 52.8 Å². The zero-order chi connectivity index (χ0) is 25.6. The number of carbonyl (C=O) groups is 2. The fourth-order valence-electron chi connectivity index (χ4n) is 4.96. The van der Waals surface area contributed by atoms with Crippen molar-refractivity contribution in [1.82, 2.24) is 19.6 Å². The summed E-state index contributed by atoms with van der Waals surface area (Å²) in [5, 5.41) is 26.7. The first-order valence-electron chi connectivity index (χ1n) is 11.7. The number of rotatable bonds is 5. The van der Waals surface area contributed by atoms with Gasteiger partial charge in [-0.3, -0.25) is 9.59 Å². The molecule has 36 heavy (non-hydrogen) atoms. The van der Waals surface area contributed by atoms with Crippen molar-refractivity contribution in [1.29, 1.82) is 5.26 Å². The largest absolute Gasteiger partial charge is 0.383 e. The number of aliphatic hydroxyl groups excluding tert-OH is 1. The van der Waals surface area contributed by atoms with Gasteiger partial charge >= 0.3 is 0 Å². The zero-order valence-electron chi connectivity index (χ0n) is 20.0. The molecule has 2 fully saturated rings. The van der Waals surface area contributed by atoms with Crippen LogP contribution in [0.25, 0.3) is 5.52 Å². The van der Waals surface area contributed by atoms with Gasteiger partial charge in [-0.2, -0.15) is 10.4 Å². The van der Waals surface area contributed by atoms with Gasteiger partial charge in [-0.1, -0.05) is 13.8 Å². The zero-order valence-corrected chi connectivity index (χ0v) is 20.0. The maximum Gasteiger partial charge on any atom is 0.255 e. The number of nitriles is 1. The van der Waals surface area contributed by atoms with Crippen molar-refractivity contribution in [3.05, 3.63) is 42.0 Å². The highest BCUT2D eigenvalue weighted by Gasteiger charge is 2.38. The van der Waals surface area contributed by atoms with Crippen LogP contribution in [-0.4, -0.2) is 68.3 Å². The lowest BCUT2D eigenvalue weighted by Crippen LogP contribution is -2.52. The molecule has 0 unspecified atom stereocenters. The molecule has 0 spiro atoms. The minimum atomic E-state index is -1.01. The lowest BCUT2D eigenvalue weighted by atomic mass is 9.79. The molecule has 4 N–H and O–H groups in total. The first kappa shape index (κ1) is 23.5. The second-order valence-electron chi connectivity index (χ2n) is 9.90. The van der Waals surface area contributed by atoms with Crippen molar-refractivity contribution in [2.45, 2.75) is 38.8 Å². The Hall–Kier alpha value is -4.24. The van der Waals surface area contributed by atoms with Crippen molar-refractivity contribution in [2.75, 3.05) is 34.8 Å². The number of aromatic nitrogens is 4. The number of carbonyl (C=O) groups excluding carboxylic acids is 2. The quantitative estimate of drug-likeness (QED) is 0.472. The summed E-state index contributed by atoms with van der Waals surface area (Å²) in [6, 6.07) is 3.79. The smallest absolute Gasteiger partial charge is 0.255 e. The van der Waals surface area contributed by atoms with Crippen molar-refractivity contribution < 1.29 is 14.7 Å². The van der Waals surface area contributed by atoms with E-state index in [1.54, 1.807) is 16.8 Å². The average Bonchev–Trinajstić information content (AvgIpc) is 3.43. The molecule has 0 saturated carbocycles. The van der Waals surface area contributed by atoms with E-state index in [0.717, 1.165) is 6.42 Å². The predicted octanol–water partition coefficient (Wildman–Crippen LogP) is 0.909. The fraction of sp³-hybridized carbons (Fsp3) is 0.417. The van der Waals surface area contributed by atoms with Crippen LogP contribution < -0.4 is 20.9 Å². The lowest BCUT2D eigenvalue weighted by Gasteiger charge is -2.45. The van der Waals surface area contributed by atoms with Crippen molar-refractivity contribution in [3.8, 4) is 6.07 Å². The molecule has 0 radical (unpaired) electrons. The number of aliphatic hydroxyl groups is 1. The normalized spacial score (nSPS) is 21.6. The first-order valence-corrected chi connectivity index (χ1v) is 11.7. The first-order chi connectivity index (χ1) is 17.2. The van der Waals surface area contributed by atoms with E-state index in [1.165, 1.54) is 23.5 Å². The molecule has 3 aromatic heterocycles. The number of nitrogens with zero attached hydrogens (tertiary/aromatic N) is 7. The Labute approximate surface area is 207 Å². The van der Waals surface area contributed by atoms with Crippen LogP contribution in [0.15, 0.2) is 30.9 Å². The number of anilines is 3. The molecule has 2 amide bonds. The molecule has 3 aromatic rings. The van der Waals surface area contributed by atoms with Crippen molar-refractivity contribution >= 4 is 34.7 Å². The van der Waals surface area contributed by atoms with Gasteiger partial charge in [-0.05, 0) is 12.5 Å². The number of fused-ring (bicyclic) bond motifs is 1. The minimum Gasteiger partial charge on any atom is -0.383 e. The van der Waals surface area contributed by atoms with E-state index in [9.17, 15) is 14.7 Å². The van der Waals surface area contributed by atoms with E-state index in [1.807, 2.05) is 6.07 Å². The summed E-state index contributed by atoms with van der Waals surface area (Å²) in [5.74, 6) is -0.392. The highest BCUT2D eigenvalue weighted by atomic mass is 16.3. The van der Waals surface area contributed by atoms with Crippen LogP contribution in [0, 0.1) is 16.7 Å². The Balaban J connectivity index is 1.44. The number of nitrogens with two attached hydrogens (primary N) is 1. The van der Waals surface area contributed by atoms with Gasteiger partial charge in [-0.15, -0.1) is 0 Å². The number of hydrogen-bond donors (Lipinski definition) is 3. The number of nitrogens with one attached hydrogen (secondary N) is 1. The van der Waals surface area contributed by atoms with Gasteiger partial charge in [-0.25, -0.2) is 14.5 Å². The number of amides is 2. The standard InChI is InChI=1S/C24H27N9O3/c1-24(2)13-31(23-27-9-14(8-25)10-28-23)5-4-19(24)30-20-16(21(26)35)11-29-33-12-15(7-17(20)33)32-6-3-18(34)22(32)36/h7,9-12,18-19,30,34H,3-6,13H2,1-2H3,(H2,26,35)/t18-,19+/m0/s1. The van der Waals surface area contributed by atoms with Crippen LogP contribution >= 0.6 is 0 Å². The third kappa shape index (κ3) is 4.07. The molecular weight excluding hydrogens is 462 g/mol. The molecule has 2 aliphatic rings. The van der Waals surface area contributed by atoms with Crippen LogP contribution in [-0.2, 0) is 4.79 Å². The monoisotopic (exact) mass is 489 g/mol. The van der Waals surface area contributed by atoms with Crippen LogP contribution in [0.1, 0.15) is 42.6 Å². The summed E-state index contributed by atoms with van der Waals surface area (Å²) in [4.78, 5) is 36.9. The summed E-state index contributed by atoms with van der Waals surface area (Å²) in [7, 11) is 0. The summed E-state index contributed by atoms with van der Waals surface area (Å²) in [5.41, 5.74) is 7.87. The van der Waals surface area contributed by atoms with E-state index in [2.05, 4.69) is 39.1 Å². The maximum atomic E-state index is 12.4. The van der Waals surface area contributed by atoms with Gasteiger partial charge in [0.15, 0.2) is 0 Å². The molecular formula is C24H27N9O3. The minimum absolute atomic E-state index is 0.0231. The second-order valence-corrected chi connectivity index (χ2v) is 9.90. The topological polar surface area (TPSA) is 166 Å².